The molecule has 0 saturated carbocycles. The molecule has 138 valence electrons. The monoisotopic (exact) mass is 382 g/mol. The molecule has 2 aromatic carbocycles. The zero-order valence-electron chi connectivity index (χ0n) is 14.4. The fraction of sp³-hybridized carbons (Fsp3) is 0.158. The van der Waals surface area contributed by atoms with E-state index in [1.54, 1.807) is 16.7 Å². The SMILES string of the molecule is O=C(NNS(=O)(=O)c1ccc2c(c1)CCC2)c1cncn1-c1ccccc1. The summed E-state index contributed by atoms with van der Waals surface area (Å²) in [5, 5.41) is 0. The quantitative estimate of drug-likeness (QED) is 0.660. The Kier molecular flexibility index (Phi) is 4.51. The minimum atomic E-state index is -3.86. The van der Waals surface area contributed by atoms with E-state index in [-0.39, 0.29) is 10.6 Å². The zero-order chi connectivity index (χ0) is 18.9. The van der Waals surface area contributed by atoms with E-state index >= 15 is 0 Å². The first kappa shape index (κ1) is 17.4. The van der Waals surface area contributed by atoms with E-state index < -0.39 is 15.9 Å². The highest BCUT2D eigenvalue weighted by Crippen LogP contribution is 2.24. The van der Waals surface area contributed by atoms with Gasteiger partial charge in [0.2, 0.25) is 0 Å². The van der Waals surface area contributed by atoms with E-state index in [9.17, 15) is 13.2 Å². The molecule has 8 heteroatoms. The number of imidazole rings is 1. The van der Waals surface area contributed by atoms with Crippen molar-refractivity contribution in [3.05, 3.63) is 77.9 Å². The van der Waals surface area contributed by atoms with Crippen LogP contribution in [0.1, 0.15) is 28.0 Å². The lowest BCUT2D eigenvalue weighted by Gasteiger charge is -2.11. The molecule has 0 unspecified atom stereocenters. The molecule has 27 heavy (non-hydrogen) atoms. The molecule has 0 radical (unpaired) electrons. The number of benzene rings is 2. The molecule has 2 N–H and O–H groups in total. The van der Waals surface area contributed by atoms with Crippen molar-refractivity contribution in [1.82, 2.24) is 19.8 Å². The van der Waals surface area contributed by atoms with Gasteiger partial charge in [-0.15, -0.1) is 4.83 Å². The van der Waals surface area contributed by atoms with Gasteiger partial charge in [-0.2, -0.15) is 0 Å². The maximum atomic E-state index is 12.5. The van der Waals surface area contributed by atoms with Gasteiger partial charge >= 0.3 is 0 Å². The molecular weight excluding hydrogens is 364 g/mol. The standard InChI is InChI=1S/C19H18N4O3S/c24-19(18-12-20-13-23(18)16-7-2-1-3-8-16)21-22-27(25,26)17-10-9-14-5-4-6-15(14)11-17/h1-3,7-13,22H,4-6H2,(H,21,24). The van der Waals surface area contributed by atoms with Crippen molar-refractivity contribution in [1.29, 1.82) is 0 Å². The summed E-state index contributed by atoms with van der Waals surface area (Å²) in [5.41, 5.74) is 5.47. The number of amides is 1. The molecule has 0 atom stereocenters. The second kappa shape index (κ2) is 6.98. The Labute approximate surface area is 157 Å². The van der Waals surface area contributed by atoms with E-state index in [0.29, 0.717) is 0 Å². The summed E-state index contributed by atoms with van der Waals surface area (Å²) in [4.78, 5) is 18.8. The summed E-state index contributed by atoms with van der Waals surface area (Å²) in [5.74, 6) is -0.596. The predicted octanol–water partition coefficient (Wildman–Crippen LogP) is 1.98. The van der Waals surface area contributed by atoms with E-state index in [0.717, 1.165) is 30.5 Å². The van der Waals surface area contributed by atoms with Crippen LogP contribution in [0.5, 0.6) is 0 Å². The molecule has 0 aliphatic heterocycles. The molecule has 1 heterocycles. The lowest BCUT2D eigenvalue weighted by Crippen LogP contribution is -2.42. The predicted molar refractivity (Wildman–Crippen MR) is 99.8 cm³/mol. The largest absolute Gasteiger partial charge is 0.295 e. The summed E-state index contributed by atoms with van der Waals surface area (Å²) in [6.07, 6.45) is 5.77. The highest BCUT2D eigenvalue weighted by molar-refractivity contribution is 7.89. The summed E-state index contributed by atoms with van der Waals surface area (Å²) < 4.78 is 26.6. The number of fused-ring (bicyclic) bond motifs is 1. The summed E-state index contributed by atoms with van der Waals surface area (Å²) in [6, 6.07) is 14.3. The molecule has 0 fully saturated rings. The van der Waals surface area contributed by atoms with Gasteiger partial charge in [0.05, 0.1) is 17.4 Å². The normalized spacial score (nSPS) is 13.3. The zero-order valence-corrected chi connectivity index (χ0v) is 15.2. The maximum Gasteiger partial charge on any atom is 0.284 e. The number of nitrogens with one attached hydrogen (secondary N) is 2. The van der Waals surface area contributed by atoms with Crippen molar-refractivity contribution in [2.45, 2.75) is 24.2 Å². The summed E-state index contributed by atoms with van der Waals surface area (Å²) >= 11 is 0. The number of aromatic nitrogens is 2. The van der Waals surface area contributed by atoms with Crippen LogP contribution < -0.4 is 10.3 Å². The Hall–Kier alpha value is -2.97. The van der Waals surface area contributed by atoms with Crippen LogP contribution in [-0.2, 0) is 22.9 Å². The smallest absolute Gasteiger partial charge is 0.284 e. The van der Waals surface area contributed by atoms with Crippen LogP contribution in [0, 0.1) is 0 Å². The van der Waals surface area contributed by atoms with Gasteiger partial charge < -0.3 is 0 Å². The second-order valence-corrected chi connectivity index (χ2v) is 8.01. The molecule has 0 saturated heterocycles. The molecule has 1 amide bonds. The van der Waals surface area contributed by atoms with Gasteiger partial charge in [0.15, 0.2) is 0 Å². The second-order valence-electron chi connectivity index (χ2n) is 6.33. The van der Waals surface area contributed by atoms with Gasteiger partial charge in [0.1, 0.15) is 5.69 Å². The van der Waals surface area contributed by atoms with Gasteiger partial charge in [-0.1, -0.05) is 24.3 Å². The van der Waals surface area contributed by atoms with Crippen molar-refractivity contribution >= 4 is 15.9 Å². The average molecular weight is 382 g/mol. The van der Waals surface area contributed by atoms with E-state index in [2.05, 4.69) is 15.2 Å². The first-order valence-corrected chi connectivity index (χ1v) is 10.0. The van der Waals surface area contributed by atoms with Crippen LogP contribution in [0.3, 0.4) is 0 Å². The number of nitrogens with zero attached hydrogens (tertiary/aromatic N) is 2. The summed E-state index contributed by atoms with van der Waals surface area (Å²) in [6.45, 7) is 0. The molecule has 1 aliphatic carbocycles. The van der Waals surface area contributed by atoms with Crippen LogP contribution in [0.2, 0.25) is 0 Å². The fourth-order valence-electron chi connectivity index (χ4n) is 3.21. The molecule has 3 aromatic rings. The Morgan fingerprint density at radius 2 is 1.81 bits per heavy atom. The van der Waals surface area contributed by atoms with Crippen LogP contribution >= 0.6 is 0 Å². The third-order valence-electron chi connectivity index (χ3n) is 4.58. The van der Waals surface area contributed by atoms with Crippen LogP contribution in [0.15, 0.2) is 66.0 Å². The Morgan fingerprint density at radius 3 is 2.63 bits per heavy atom. The topological polar surface area (TPSA) is 93.1 Å². The number of carbonyl (C=O) groups excluding carboxylic acids is 1. The average Bonchev–Trinajstić information content (AvgIpc) is 3.35. The molecule has 1 aromatic heterocycles. The number of hydrazine groups is 1. The van der Waals surface area contributed by atoms with Crippen molar-refractivity contribution in [2.24, 2.45) is 0 Å². The first-order valence-electron chi connectivity index (χ1n) is 8.56. The lowest BCUT2D eigenvalue weighted by molar-refractivity contribution is 0.0938. The Morgan fingerprint density at radius 1 is 1.04 bits per heavy atom. The Balaban J connectivity index is 1.51. The molecule has 1 aliphatic rings. The van der Waals surface area contributed by atoms with Crippen LogP contribution in [-0.4, -0.2) is 23.9 Å². The van der Waals surface area contributed by atoms with E-state index in [1.807, 2.05) is 36.4 Å². The Bertz CT molecular complexity index is 1090. The van der Waals surface area contributed by atoms with Gasteiger partial charge in [-0.3, -0.25) is 14.8 Å². The van der Waals surface area contributed by atoms with E-state index in [4.69, 9.17) is 0 Å². The molecule has 4 rings (SSSR count). The third kappa shape index (κ3) is 3.49. The minimum absolute atomic E-state index is 0.139. The number of carbonyl (C=O) groups is 1. The van der Waals surface area contributed by atoms with Gasteiger partial charge in [-0.25, -0.2) is 13.4 Å². The van der Waals surface area contributed by atoms with E-state index in [1.165, 1.54) is 18.1 Å². The molecular formula is C19H18N4O3S. The van der Waals surface area contributed by atoms with Crippen molar-refractivity contribution in [3.63, 3.8) is 0 Å². The minimum Gasteiger partial charge on any atom is -0.295 e. The number of para-hydroxylation sites is 1. The number of rotatable bonds is 5. The van der Waals surface area contributed by atoms with Gasteiger partial charge in [-0.05, 0) is 54.7 Å². The maximum absolute atomic E-state index is 12.5. The first-order chi connectivity index (χ1) is 13.0. The van der Waals surface area contributed by atoms with Crippen molar-refractivity contribution < 1.29 is 13.2 Å². The molecule has 7 nitrogen and oxygen atoms in total. The lowest BCUT2D eigenvalue weighted by atomic mass is 10.1. The fourth-order valence-corrected chi connectivity index (χ4v) is 4.10. The number of sulfonamides is 1. The molecule has 0 spiro atoms. The highest BCUT2D eigenvalue weighted by Gasteiger charge is 2.20. The van der Waals surface area contributed by atoms with Gasteiger partial charge in [0, 0.05) is 5.69 Å². The highest BCUT2D eigenvalue weighted by atomic mass is 32.2. The van der Waals surface area contributed by atoms with Gasteiger partial charge in [0.25, 0.3) is 15.9 Å². The number of aryl methyl sites for hydroxylation is 2. The van der Waals surface area contributed by atoms with Crippen LogP contribution in [0.25, 0.3) is 5.69 Å². The third-order valence-corrected chi connectivity index (χ3v) is 5.83. The van der Waals surface area contributed by atoms with Crippen LogP contribution in [0.4, 0.5) is 0 Å². The van der Waals surface area contributed by atoms with Crippen molar-refractivity contribution in [3.8, 4) is 5.69 Å². The molecule has 0 bridgehead atoms. The van der Waals surface area contributed by atoms with Crippen molar-refractivity contribution in [2.75, 3.05) is 0 Å². The number of hydrogen-bond donors (Lipinski definition) is 2. The summed E-state index contributed by atoms with van der Waals surface area (Å²) in [7, 11) is -3.86. The number of hydrogen-bond acceptors (Lipinski definition) is 4.